The standard InChI is InChI=1S/C23H31N5O3/c24-17-6-11-27(14-17)18-7-9-26(10-8-18)12-15-2-1-3-16-13-28(23(31)21(15)16)19-4-5-20(29)25-22(19)30/h1-3,17-19H,4-14,24H2,(H,25,29,30)/t17-,19?/m1/s1. The first-order valence-corrected chi connectivity index (χ1v) is 11.5. The molecule has 1 aromatic rings. The Bertz CT molecular complexity index is 895. The van der Waals surface area contributed by atoms with Gasteiger partial charge >= 0.3 is 0 Å². The largest absolute Gasteiger partial charge is 0.326 e. The second-order valence-corrected chi connectivity index (χ2v) is 9.40. The molecule has 0 spiro atoms. The van der Waals surface area contributed by atoms with E-state index < -0.39 is 6.04 Å². The Labute approximate surface area is 182 Å². The predicted octanol–water partition coefficient (Wildman–Crippen LogP) is 0.445. The number of likely N-dealkylation sites (tertiary alicyclic amines) is 2. The average Bonchev–Trinajstić information content (AvgIpc) is 3.33. The van der Waals surface area contributed by atoms with E-state index in [1.807, 2.05) is 18.2 Å². The zero-order valence-corrected chi connectivity index (χ0v) is 17.9. The van der Waals surface area contributed by atoms with Crippen LogP contribution in [0.4, 0.5) is 0 Å². The van der Waals surface area contributed by atoms with Crippen molar-refractivity contribution >= 4 is 17.7 Å². The van der Waals surface area contributed by atoms with Gasteiger partial charge in [0.25, 0.3) is 5.91 Å². The molecule has 3 amide bonds. The van der Waals surface area contributed by atoms with Crippen LogP contribution in [0.15, 0.2) is 18.2 Å². The van der Waals surface area contributed by atoms with Crippen molar-refractivity contribution in [1.82, 2.24) is 20.0 Å². The predicted molar refractivity (Wildman–Crippen MR) is 115 cm³/mol. The Balaban J connectivity index is 1.24. The third-order valence-corrected chi connectivity index (χ3v) is 7.36. The summed E-state index contributed by atoms with van der Waals surface area (Å²) in [5.41, 5.74) is 8.85. The van der Waals surface area contributed by atoms with Crippen LogP contribution in [-0.4, -0.2) is 76.7 Å². The third kappa shape index (κ3) is 4.00. The molecule has 0 saturated carbocycles. The van der Waals surface area contributed by atoms with Gasteiger partial charge in [0.2, 0.25) is 11.8 Å². The molecule has 8 heteroatoms. The molecule has 3 N–H and O–H groups in total. The molecule has 31 heavy (non-hydrogen) atoms. The molecular weight excluding hydrogens is 394 g/mol. The fraction of sp³-hybridized carbons (Fsp3) is 0.609. The van der Waals surface area contributed by atoms with Crippen molar-refractivity contribution in [3.05, 3.63) is 34.9 Å². The number of piperidine rings is 2. The summed E-state index contributed by atoms with van der Waals surface area (Å²) in [4.78, 5) is 43.7. The van der Waals surface area contributed by atoms with E-state index in [0.717, 1.165) is 68.7 Å². The quantitative estimate of drug-likeness (QED) is 0.680. The van der Waals surface area contributed by atoms with Gasteiger partial charge in [-0.25, -0.2) is 0 Å². The first-order chi connectivity index (χ1) is 15.0. The number of fused-ring (bicyclic) bond motifs is 1. The highest BCUT2D eigenvalue weighted by molar-refractivity contribution is 6.05. The third-order valence-electron chi connectivity index (χ3n) is 7.36. The number of rotatable bonds is 4. The van der Waals surface area contributed by atoms with Gasteiger partial charge in [-0.05, 0) is 49.9 Å². The molecule has 0 bridgehead atoms. The number of nitrogens with one attached hydrogen (secondary N) is 1. The molecule has 4 aliphatic heterocycles. The summed E-state index contributed by atoms with van der Waals surface area (Å²) in [6.07, 6.45) is 4.05. The van der Waals surface area contributed by atoms with Gasteiger partial charge in [0, 0.05) is 50.2 Å². The van der Waals surface area contributed by atoms with Crippen molar-refractivity contribution in [1.29, 1.82) is 0 Å². The number of hydrogen-bond acceptors (Lipinski definition) is 6. The maximum Gasteiger partial charge on any atom is 0.255 e. The first kappa shape index (κ1) is 20.6. The summed E-state index contributed by atoms with van der Waals surface area (Å²) in [5.74, 6) is -0.700. The fourth-order valence-corrected chi connectivity index (χ4v) is 5.65. The summed E-state index contributed by atoms with van der Waals surface area (Å²) in [7, 11) is 0. The van der Waals surface area contributed by atoms with Crippen molar-refractivity contribution in [2.45, 2.75) is 63.3 Å². The number of nitrogens with zero attached hydrogens (tertiary/aromatic N) is 3. The Morgan fingerprint density at radius 2 is 1.84 bits per heavy atom. The number of nitrogens with two attached hydrogens (primary N) is 1. The van der Waals surface area contributed by atoms with Gasteiger partial charge in [-0.3, -0.25) is 29.5 Å². The molecule has 2 atom stereocenters. The van der Waals surface area contributed by atoms with Gasteiger partial charge < -0.3 is 10.6 Å². The van der Waals surface area contributed by atoms with Crippen LogP contribution in [0, 0.1) is 0 Å². The van der Waals surface area contributed by atoms with Crippen LogP contribution < -0.4 is 11.1 Å². The van der Waals surface area contributed by atoms with Gasteiger partial charge in [0.1, 0.15) is 6.04 Å². The second kappa shape index (κ2) is 8.33. The lowest BCUT2D eigenvalue weighted by atomic mass is 9.99. The van der Waals surface area contributed by atoms with Crippen LogP contribution in [0.5, 0.6) is 0 Å². The number of imide groups is 1. The Kier molecular flexibility index (Phi) is 5.54. The Hall–Kier alpha value is -2.29. The van der Waals surface area contributed by atoms with Crippen molar-refractivity contribution in [2.75, 3.05) is 26.2 Å². The van der Waals surface area contributed by atoms with E-state index in [0.29, 0.717) is 25.0 Å². The molecule has 4 heterocycles. The number of carbonyl (C=O) groups is 3. The summed E-state index contributed by atoms with van der Waals surface area (Å²) in [6, 6.07) is 6.41. The molecule has 5 rings (SSSR count). The molecular formula is C23H31N5O3. The van der Waals surface area contributed by atoms with Gasteiger partial charge in [-0.15, -0.1) is 0 Å². The summed E-state index contributed by atoms with van der Waals surface area (Å²) in [6.45, 7) is 5.36. The molecule has 0 radical (unpaired) electrons. The molecule has 0 aliphatic carbocycles. The second-order valence-electron chi connectivity index (χ2n) is 9.40. The number of carbonyl (C=O) groups excluding carboxylic acids is 3. The molecule has 166 valence electrons. The van der Waals surface area contributed by atoms with E-state index >= 15 is 0 Å². The molecule has 1 aromatic carbocycles. The minimum atomic E-state index is -0.562. The molecule has 3 fully saturated rings. The smallest absolute Gasteiger partial charge is 0.255 e. The van der Waals surface area contributed by atoms with E-state index in [9.17, 15) is 14.4 Å². The van der Waals surface area contributed by atoms with Gasteiger partial charge in [0.15, 0.2) is 0 Å². The van der Waals surface area contributed by atoms with Crippen molar-refractivity contribution < 1.29 is 14.4 Å². The topological polar surface area (TPSA) is 99.0 Å². The molecule has 1 unspecified atom stereocenters. The van der Waals surface area contributed by atoms with Crippen LogP contribution in [0.2, 0.25) is 0 Å². The molecule has 8 nitrogen and oxygen atoms in total. The summed E-state index contributed by atoms with van der Waals surface area (Å²) >= 11 is 0. The average molecular weight is 426 g/mol. The van der Waals surface area contributed by atoms with Gasteiger partial charge in [-0.2, -0.15) is 0 Å². The first-order valence-electron chi connectivity index (χ1n) is 11.5. The maximum absolute atomic E-state index is 13.3. The van der Waals surface area contributed by atoms with Crippen LogP contribution in [0.1, 0.15) is 53.6 Å². The number of benzene rings is 1. The monoisotopic (exact) mass is 425 g/mol. The lowest BCUT2D eigenvalue weighted by Gasteiger charge is -2.37. The summed E-state index contributed by atoms with van der Waals surface area (Å²) < 4.78 is 0. The highest BCUT2D eigenvalue weighted by Crippen LogP contribution is 2.31. The van der Waals surface area contributed by atoms with E-state index in [4.69, 9.17) is 5.73 Å². The highest BCUT2D eigenvalue weighted by Gasteiger charge is 2.40. The minimum absolute atomic E-state index is 0.0824. The minimum Gasteiger partial charge on any atom is -0.326 e. The lowest BCUT2D eigenvalue weighted by molar-refractivity contribution is -0.136. The Morgan fingerprint density at radius 3 is 2.55 bits per heavy atom. The molecule has 3 saturated heterocycles. The molecule has 4 aliphatic rings. The van der Waals surface area contributed by atoms with Gasteiger partial charge in [-0.1, -0.05) is 18.2 Å². The van der Waals surface area contributed by atoms with Crippen molar-refractivity contribution in [2.24, 2.45) is 5.73 Å². The zero-order valence-electron chi connectivity index (χ0n) is 17.9. The van der Waals surface area contributed by atoms with E-state index in [1.54, 1.807) is 4.90 Å². The SMILES string of the molecule is N[C@@H]1CCN(C2CCN(Cc3cccc4c3C(=O)N(C3CCC(=O)NC3=O)C4)CC2)C1. The van der Waals surface area contributed by atoms with Crippen molar-refractivity contribution in [3.8, 4) is 0 Å². The van der Waals surface area contributed by atoms with Gasteiger partial charge in [0.05, 0.1) is 0 Å². The molecule has 0 aromatic heterocycles. The van der Waals surface area contributed by atoms with E-state index in [1.165, 1.54) is 0 Å². The van der Waals surface area contributed by atoms with Crippen molar-refractivity contribution in [3.63, 3.8) is 0 Å². The van der Waals surface area contributed by atoms with Crippen LogP contribution in [0.25, 0.3) is 0 Å². The van der Waals surface area contributed by atoms with E-state index in [2.05, 4.69) is 15.1 Å². The number of hydrogen-bond donors (Lipinski definition) is 2. The lowest BCUT2D eigenvalue weighted by Crippen LogP contribution is -2.52. The number of amides is 3. The van der Waals surface area contributed by atoms with Crippen LogP contribution >= 0.6 is 0 Å². The normalized spacial score (nSPS) is 28.3. The zero-order chi connectivity index (χ0) is 21.5. The van der Waals surface area contributed by atoms with E-state index in [-0.39, 0.29) is 24.1 Å². The Morgan fingerprint density at radius 1 is 1.03 bits per heavy atom. The maximum atomic E-state index is 13.3. The highest BCUT2D eigenvalue weighted by atomic mass is 16.2. The van der Waals surface area contributed by atoms with Crippen LogP contribution in [-0.2, 0) is 22.7 Å². The summed E-state index contributed by atoms with van der Waals surface area (Å²) in [5, 5.41) is 2.37. The van der Waals surface area contributed by atoms with Crippen LogP contribution in [0.3, 0.4) is 0 Å². The fourth-order valence-electron chi connectivity index (χ4n) is 5.65.